The Hall–Kier alpha value is -2.82. The Kier molecular flexibility index (Phi) is 4.40. The molecule has 0 radical (unpaired) electrons. The van der Waals surface area contributed by atoms with E-state index in [0.717, 1.165) is 11.1 Å². The minimum Gasteiger partial charge on any atom is -0.478 e. The predicted molar refractivity (Wildman–Crippen MR) is 90.6 cm³/mol. The van der Waals surface area contributed by atoms with Gasteiger partial charge in [0, 0.05) is 11.4 Å². The molecule has 5 nitrogen and oxygen atoms in total. The predicted octanol–water partition coefficient (Wildman–Crippen LogP) is 3.19. The molecule has 2 aromatic rings. The second-order valence-electron chi connectivity index (χ2n) is 6.04. The van der Waals surface area contributed by atoms with Crippen molar-refractivity contribution in [1.29, 1.82) is 0 Å². The van der Waals surface area contributed by atoms with E-state index in [4.69, 9.17) is 10.8 Å². The fourth-order valence-electron chi connectivity index (χ4n) is 2.20. The zero-order valence-electron chi connectivity index (χ0n) is 13.4. The molecule has 120 valence electrons. The maximum absolute atomic E-state index is 12.7. The second-order valence-corrected chi connectivity index (χ2v) is 6.04. The first-order valence-corrected chi connectivity index (χ1v) is 7.23. The van der Waals surface area contributed by atoms with Gasteiger partial charge >= 0.3 is 5.97 Å². The number of nitrogens with one attached hydrogen (secondary N) is 1. The Balaban J connectivity index is 2.29. The van der Waals surface area contributed by atoms with Crippen molar-refractivity contribution in [2.45, 2.75) is 26.2 Å². The van der Waals surface area contributed by atoms with E-state index in [0.29, 0.717) is 11.4 Å². The van der Waals surface area contributed by atoms with Gasteiger partial charge in [0.25, 0.3) is 0 Å². The highest BCUT2D eigenvalue weighted by molar-refractivity contribution is 6.00. The molecule has 0 unspecified atom stereocenters. The van der Waals surface area contributed by atoms with E-state index < -0.39 is 11.4 Å². The standard InChI is InChI=1S/C18H20N2O3/c1-11-4-5-12(16(21)22)10-15(11)20-17(23)18(2,3)13-6-8-14(19)9-7-13/h4-10H,19H2,1-3H3,(H,20,23)(H,21,22). The minimum atomic E-state index is -1.03. The Morgan fingerprint density at radius 1 is 1.09 bits per heavy atom. The van der Waals surface area contributed by atoms with Crippen molar-refractivity contribution in [2.24, 2.45) is 0 Å². The largest absolute Gasteiger partial charge is 0.478 e. The quantitative estimate of drug-likeness (QED) is 0.756. The molecule has 0 aliphatic carbocycles. The number of benzene rings is 2. The number of carbonyl (C=O) groups excluding carboxylic acids is 1. The van der Waals surface area contributed by atoms with Crippen molar-refractivity contribution in [1.82, 2.24) is 0 Å². The van der Waals surface area contributed by atoms with E-state index in [1.807, 2.05) is 32.9 Å². The Labute approximate surface area is 135 Å². The summed E-state index contributed by atoms with van der Waals surface area (Å²) in [6.07, 6.45) is 0. The first-order valence-electron chi connectivity index (χ1n) is 7.23. The summed E-state index contributed by atoms with van der Waals surface area (Å²) in [5, 5.41) is 11.9. The van der Waals surface area contributed by atoms with E-state index in [1.165, 1.54) is 12.1 Å². The zero-order valence-corrected chi connectivity index (χ0v) is 13.4. The van der Waals surface area contributed by atoms with Gasteiger partial charge < -0.3 is 16.2 Å². The molecule has 0 aliphatic rings. The zero-order chi connectivity index (χ0) is 17.2. The summed E-state index contributed by atoms with van der Waals surface area (Å²) in [6, 6.07) is 11.8. The van der Waals surface area contributed by atoms with Crippen molar-refractivity contribution in [3.63, 3.8) is 0 Å². The summed E-state index contributed by atoms with van der Waals surface area (Å²) in [4.78, 5) is 23.7. The van der Waals surface area contributed by atoms with Crippen LogP contribution >= 0.6 is 0 Å². The van der Waals surface area contributed by atoms with Gasteiger partial charge in [-0.15, -0.1) is 0 Å². The molecule has 0 bridgehead atoms. The van der Waals surface area contributed by atoms with Crippen LogP contribution in [0.4, 0.5) is 11.4 Å². The van der Waals surface area contributed by atoms with Crippen molar-refractivity contribution in [3.05, 3.63) is 59.2 Å². The van der Waals surface area contributed by atoms with Crippen LogP contribution in [0.15, 0.2) is 42.5 Å². The summed E-state index contributed by atoms with van der Waals surface area (Å²) in [6.45, 7) is 5.44. The number of aryl methyl sites for hydroxylation is 1. The maximum Gasteiger partial charge on any atom is 0.335 e. The van der Waals surface area contributed by atoms with Crippen molar-refractivity contribution < 1.29 is 14.7 Å². The van der Waals surface area contributed by atoms with Crippen LogP contribution in [0, 0.1) is 6.92 Å². The molecule has 4 N–H and O–H groups in total. The van der Waals surface area contributed by atoms with Gasteiger partial charge in [0.1, 0.15) is 0 Å². The number of nitrogen functional groups attached to an aromatic ring is 1. The molecule has 0 saturated carbocycles. The average Bonchev–Trinajstić information content (AvgIpc) is 2.49. The number of hydrogen-bond acceptors (Lipinski definition) is 3. The van der Waals surface area contributed by atoms with E-state index in [2.05, 4.69) is 5.32 Å². The molecular formula is C18H20N2O3. The molecule has 2 aromatic carbocycles. The Morgan fingerprint density at radius 3 is 2.26 bits per heavy atom. The Bertz CT molecular complexity index is 749. The second kappa shape index (κ2) is 6.12. The molecule has 23 heavy (non-hydrogen) atoms. The average molecular weight is 312 g/mol. The van der Waals surface area contributed by atoms with Gasteiger partial charge in [-0.05, 0) is 56.2 Å². The lowest BCUT2D eigenvalue weighted by Crippen LogP contribution is -2.35. The smallest absolute Gasteiger partial charge is 0.335 e. The third-order valence-corrected chi connectivity index (χ3v) is 3.93. The number of anilines is 2. The van der Waals surface area contributed by atoms with Gasteiger partial charge in [0.05, 0.1) is 11.0 Å². The molecule has 0 heterocycles. The number of aromatic carboxylic acids is 1. The van der Waals surface area contributed by atoms with Gasteiger partial charge in [-0.2, -0.15) is 0 Å². The summed E-state index contributed by atoms with van der Waals surface area (Å²) in [5.41, 5.74) is 7.80. The van der Waals surface area contributed by atoms with Crippen LogP contribution in [-0.4, -0.2) is 17.0 Å². The van der Waals surface area contributed by atoms with Crippen LogP contribution in [0.25, 0.3) is 0 Å². The van der Waals surface area contributed by atoms with Crippen LogP contribution in [0.2, 0.25) is 0 Å². The highest BCUT2D eigenvalue weighted by atomic mass is 16.4. The fraction of sp³-hybridized carbons (Fsp3) is 0.222. The number of carboxylic acid groups (broad SMARTS) is 1. The van der Waals surface area contributed by atoms with Gasteiger partial charge in [0.2, 0.25) is 5.91 Å². The minimum absolute atomic E-state index is 0.135. The van der Waals surface area contributed by atoms with Crippen LogP contribution < -0.4 is 11.1 Å². The van der Waals surface area contributed by atoms with Crippen LogP contribution in [-0.2, 0) is 10.2 Å². The summed E-state index contributed by atoms with van der Waals surface area (Å²) >= 11 is 0. The molecule has 0 spiro atoms. The maximum atomic E-state index is 12.7. The molecule has 2 rings (SSSR count). The van der Waals surface area contributed by atoms with E-state index in [1.54, 1.807) is 18.2 Å². The number of rotatable bonds is 4. The third kappa shape index (κ3) is 3.51. The number of amides is 1. The van der Waals surface area contributed by atoms with Crippen molar-refractivity contribution in [3.8, 4) is 0 Å². The van der Waals surface area contributed by atoms with Gasteiger partial charge in [0.15, 0.2) is 0 Å². The van der Waals surface area contributed by atoms with Crippen LogP contribution in [0.1, 0.15) is 35.3 Å². The Morgan fingerprint density at radius 2 is 1.70 bits per heavy atom. The normalized spacial score (nSPS) is 11.1. The molecule has 0 atom stereocenters. The highest BCUT2D eigenvalue weighted by Crippen LogP contribution is 2.27. The summed E-state index contributed by atoms with van der Waals surface area (Å²) in [7, 11) is 0. The first kappa shape index (κ1) is 16.5. The fourth-order valence-corrected chi connectivity index (χ4v) is 2.20. The molecule has 0 fully saturated rings. The third-order valence-electron chi connectivity index (χ3n) is 3.93. The molecule has 0 aromatic heterocycles. The van der Waals surface area contributed by atoms with E-state index >= 15 is 0 Å². The van der Waals surface area contributed by atoms with Crippen LogP contribution in [0.3, 0.4) is 0 Å². The van der Waals surface area contributed by atoms with Crippen molar-refractivity contribution >= 4 is 23.3 Å². The molecule has 0 aliphatic heterocycles. The monoisotopic (exact) mass is 312 g/mol. The number of hydrogen-bond donors (Lipinski definition) is 3. The first-order chi connectivity index (χ1) is 10.7. The van der Waals surface area contributed by atoms with Gasteiger partial charge in [-0.3, -0.25) is 4.79 Å². The summed E-state index contributed by atoms with van der Waals surface area (Å²) in [5.74, 6) is -1.24. The number of carboxylic acids is 1. The SMILES string of the molecule is Cc1ccc(C(=O)O)cc1NC(=O)C(C)(C)c1ccc(N)cc1. The highest BCUT2D eigenvalue weighted by Gasteiger charge is 2.30. The van der Waals surface area contributed by atoms with Gasteiger partial charge in [-0.25, -0.2) is 4.79 Å². The molecule has 0 saturated heterocycles. The van der Waals surface area contributed by atoms with Crippen LogP contribution in [0.5, 0.6) is 0 Å². The van der Waals surface area contributed by atoms with E-state index in [9.17, 15) is 9.59 Å². The number of carbonyl (C=O) groups is 2. The lowest BCUT2D eigenvalue weighted by atomic mass is 9.83. The van der Waals surface area contributed by atoms with Gasteiger partial charge in [-0.1, -0.05) is 18.2 Å². The molecular weight excluding hydrogens is 292 g/mol. The lowest BCUT2D eigenvalue weighted by molar-refractivity contribution is -0.120. The van der Waals surface area contributed by atoms with E-state index in [-0.39, 0.29) is 11.5 Å². The number of nitrogens with two attached hydrogens (primary N) is 1. The molecule has 5 heteroatoms. The molecule has 1 amide bonds. The summed E-state index contributed by atoms with van der Waals surface area (Å²) < 4.78 is 0. The lowest BCUT2D eigenvalue weighted by Gasteiger charge is -2.25. The topological polar surface area (TPSA) is 92.4 Å². The van der Waals surface area contributed by atoms with Crippen molar-refractivity contribution in [2.75, 3.05) is 11.1 Å².